The normalized spacial score (nSPS) is 12.5. The van der Waals surface area contributed by atoms with Gasteiger partial charge in [0.1, 0.15) is 11.5 Å². The molecule has 0 unspecified atom stereocenters. The first-order valence-electron chi connectivity index (χ1n) is 4.69. The Labute approximate surface area is 97.2 Å². The van der Waals surface area contributed by atoms with Gasteiger partial charge >= 0.3 is 5.69 Å². The SMILES string of the molecule is CC(=O)[C@H](C)Sc1c([N+](=O)[O-])c(C)nn1C. The molecule has 88 valence electrons. The fourth-order valence-electron chi connectivity index (χ4n) is 1.22. The highest BCUT2D eigenvalue weighted by molar-refractivity contribution is 8.00. The number of thioether (sulfide) groups is 1. The average molecular weight is 243 g/mol. The van der Waals surface area contributed by atoms with E-state index in [4.69, 9.17) is 0 Å². The molecule has 1 rings (SSSR count). The lowest BCUT2D eigenvalue weighted by Crippen LogP contribution is -2.09. The molecular weight excluding hydrogens is 230 g/mol. The Morgan fingerprint density at radius 2 is 2.19 bits per heavy atom. The predicted octanol–water partition coefficient (Wildman–Crippen LogP) is 1.71. The standard InChI is InChI=1S/C9H13N3O3S/c1-5-8(12(14)15)9(11(4)10-5)16-7(3)6(2)13/h7H,1-4H3/t7-/m0/s1. The molecule has 16 heavy (non-hydrogen) atoms. The van der Waals surface area contributed by atoms with Crippen LogP contribution in [0.2, 0.25) is 0 Å². The van der Waals surface area contributed by atoms with Crippen molar-refractivity contribution >= 4 is 23.2 Å². The number of nitro groups is 1. The number of hydrogen-bond acceptors (Lipinski definition) is 5. The highest BCUT2D eigenvalue weighted by Crippen LogP contribution is 2.34. The highest BCUT2D eigenvalue weighted by Gasteiger charge is 2.26. The van der Waals surface area contributed by atoms with Crippen LogP contribution < -0.4 is 0 Å². The number of nitrogens with zero attached hydrogens (tertiary/aromatic N) is 3. The molecule has 0 radical (unpaired) electrons. The molecule has 6 nitrogen and oxygen atoms in total. The number of aryl methyl sites for hydroxylation is 2. The van der Waals surface area contributed by atoms with Crippen molar-refractivity contribution in [3.05, 3.63) is 15.8 Å². The maximum absolute atomic E-state index is 11.1. The summed E-state index contributed by atoms with van der Waals surface area (Å²) in [5, 5.41) is 15.0. The van der Waals surface area contributed by atoms with Crippen LogP contribution in [0.15, 0.2) is 5.03 Å². The largest absolute Gasteiger partial charge is 0.323 e. The Morgan fingerprint density at radius 1 is 1.62 bits per heavy atom. The molecule has 0 aliphatic rings. The second kappa shape index (κ2) is 4.65. The fourth-order valence-corrected chi connectivity index (χ4v) is 2.25. The molecule has 0 fully saturated rings. The Balaban J connectivity index is 3.12. The third kappa shape index (κ3) is 2.41. The number of carbonyl (C=O) groups is 1. The van der Waals surface area contributed by atoms with Crippen molar-refractivity contribution in [2.45, 2.75) is 31.0 Å². The zero-order chi connectivity index (χ0) is 12.5. The van der Waals surface area contributed by atoms with Gasteiger partial charge in [-0.1, -0.05) is 11.8 Å². The lowest BCUT2D eigenvalue weighted by atomic mass is 10.3. The minimum absolute atomic E-state index is 0.0133. The maximum Gasteiger partial charge on any atom is 0.323 e. The van der Waals surface area contributed by atoms with Gasteiger partial charge in [0.2, 0.25) is 0 Å². The summed E-state index contributed by atoms with van der Waals surface area (Å²) in [6.45, 7) is 4.77. The number of aromatic nitrogens is 2. The second-order valence-electron chi connectivity index (χ2n) is 3.49. The first-order chi connectivity index (χ1) is 7.34. The maximum atomic E-state index is 11.1. The van der Waals surface area contributed by atoms with Crippen LogP contribution in [0.1, 0.15) is 19.5 Å². The summed E-state index contributed by atoms with van der Waals surface area (Å²) in [4.78, 5) is 21.5. The molecule has 0 N–H and O–H groups in total. The highest BCUT2D eigenvalue weighted by atomic mass is 32.2. The van der Waals surface area contributed by atoms with Crippen molar-refractivity contribution in [2.75, 3.05) is 0 Å². The van der Waals surface area contributed by atoms with Gasteiger partial charge in [0.05, 0.1) is 10.2 Å². The molecule has 1 atom stereocenters. The van der Waals surface area contributed by atoms with Crippen molar-refractivity contribution in [3.63, 3.8) is 0 Å². The zero-order valence-corrected chi connectivity index (χ0v) is 10.4. The average Bonchev–Trinajstić information content (AvgIpc) is 2.41. The number of carbonyl (C=O) groups excluding carboxylic acids is 1. The number of rotatable bonds is 4. The van der Waals surface area contributed by atoms with Gasteiger partial charge in [-0.3, -0.25) is 19.6 Å². The fraction of sp³-hybridized carbons (Fsp3) is 0.556. The Hall–Kier alpha value is -1.37. The zero-order valence-electron chi connectivity index (χ0n) is 9.55. The third-order valence-electron chi connectivity index (χ3n) is 2.18. The van der Waals surface area contributed by atoms with Crippen LogP contribution in [0.3, 0.4) is 0 Å². The van der Waals surface area contributed by atoms with E-state index in [0.29, 0.717) is 10.7 Å². The van der Waals surface area contributed by atoms with Crippen molar-refractivity contribution in [1.82, 2.24) is 9.78 Å². The Bertz CT molecular complexity index is 441. The van der Waals surface area contributed by atoms with E-state index < -0.39 is 4.92 Å². The summed E-state index contributed by atoms with van der Waals surface area (Å²) in [7, 11) is 1.63. The smallest absolute Gasteiger partial charge is 0.299 e. The molecule has 1 heterocycles. The van der Waals surface area contributed by atoms with Gasteiger partial charge in [-0.15, -0.1) is 0 Å². The molecule has 0 aromatic carbocycles. The quantitative estimate of drug-likeness (QED) is 0.457. The van der Waals surface area contributed by atoms with Gasteiger partial charge < -0.3 is 0 Å². The Morgan fingerprint density at radius 3 is 2.62 bits per heavy atom. The van der Waals surface area contributed by atoms with Crippen LogP contribution in [0.25, 0.3) is 0 Å². The molecule has 0 spiro atoms. The van der Waals surface area contributed by atoms with Gasteiger partial charge in [-0.25, -0.2) is 0 Å². The first kappa shape index (κ1) is 12.7. The minimum Gasteiger partial charge on any atom is -0.299 e. The van der Waals surface area contributed by atoms with E-state index >= 15 is 0 Å². The summed E-state index contributed by atoms with van der Waals surface area (Å²) in [5.74, 6) is -0.0156. The lowest BCUT2D eigenvalue weighted by molar-refractivity contribution is -0.388. The van der Waals surface area contributed by atoms with E-state index in [1.54, 1.807) is 20.9 Å². The molecule has 0 aliphatic heterocycles. The van der Waals surface area contributed by atoms with Crippen molar-refractivity contribution in [2.24, 2.45) is 7.05 Å². The summed E-state index contributed by atoms with van der Waals surface area (Å²) >= 11 is 1.16. The molecule has 0 aliphatic carbocycles. The van der Waals surface area contributed by atoms with Gasteiger partial charge in [0, 0.05) is 7.05 Å². The van der Waals surface area contributed by atoms with E-state index in [0.717, 1.165) is 11.8 Å². The van der Waals surface area contributed by atoms with Crippen molar-refractivity contribution in [1.29, 1.82) is 0 Å². The van der Waals surface area contributed by atoms with Gasteiger partial charge in [0.25, 0.3) is 0 Å². The van der Waals surface area contributed by atoms with Gasteiger partial charge in [-0.2, -0.15) is 5.10 Å². The van der Waals surface area contributed by atoms with E-state index in [-0.39, 0.29) is 16.7 Å². The number of hydrogen-bond donors (Lipinski definition) is 0. The van der Waals surface area contributed by atoms with Crippen LogP contribution in [-0.4, -0.2) is 25.7 Å². The number of Topliss-reactive ketones (excluding diaryl/α,β-unsaturated/α-hetero) is 1. The summed E-state index contributed by atoms with van der Waals surface area (Å²) in [6, 6.07) is 0. The summed E-state index contributed by atoms with van der Waals surface area (Å²) in [6.07, 6.45) is 0. The molecule has 0 saturated carbocycles. The van der Waals surface area contributed by atoms with E-state index in [1.807, 2.05) is 0 Å². The van der Waals surface area contributed by atoms with Crippen LogP contribution in [0.5, 0.6) is 0 Å². The van der Waals surface area contributed by atoms with E-state index in [1.165, 1.54) is 11.6 Å². The molecule has 0 saturated heterocycles. The van der Waals surface area contributed by atoms with Crippen molar-refractivity contribution < 1.29 is 9.72 Å². The molecule has 0 bridgehead atoms. The van der Waals surface area contributed by atoms with Crippen LogP contribution in [0.4, 0.5) is 5.69 Å². The molecule has 1 aromatic rings. The van der Waals surface area contributed by atoms with Crippen LogP contribution in [-0.2, 0) is 11.8 Å². The van der Waals surface area contributed by atoms with E-state index in [2.05, 4.69) is 5.10 Å². The van der Waals surface area contributed by atoms with Gasteiger partial charge in [-0.05, 0) is 20.8 Å². The van der Waals surface area contributed by atoms with Crippen LogP contribution >= 0.6 is 11.8 Å². The molecule has 7 heteroatoms. The molecule has 0 amide bonds. The Kier molecular flexibility index (Phi) is 3.69. The second-order valence-corrected chi connectivity index (χ2v) is 4.82. The monoisotopic (exact) mass is 243 g/mol. The van der Waals surface area contributed by atoms with Crippen LogP contribution in [0, 0.1) is 17.0 Å². The third-order valence-corrected chi connectivity index (χ3v) is 3.55. The first-order valence-corrected chi connectivity index (χ1v) is 5.57. The van der Waals surface area contributed by atoms with E-state index in [9.17, 15) is 14.9 Å². The summed E-state index contributed by atoms with van der Waals surface area (Å²) < 4.78 is 1.44. The number of ketones is 1. The van der Waals surface area contributed by atoms with Gasteiger partial charge in [0.15, 0.2) is 5.03 Å². The predicted molar refractivity (Wildman–Crippen MR) is 60.6 cm³/mol. The minimum atomic E-state index is -0.461. The lowest BCUT2D eigenvalue weighted by Gasteiger charge is -2.06. The van der Waals surface area contributed by atoms with Crippen molar-refractivity contribution in [3.8, 4) is 0 Å². The summed E-state index contributed by atoms with van der Waals surface area (Å²) in [5.41, 5.74) is 0.353. The topological polar surface area (TPSA) is 78.0 Å². The molecular formula is C9H13N3O3S. The molecule has 1 aromatic heterocycles.